The van der Waals surface area contributed by atoms with Crippen LogP contribution in [0.3, 0.4) is 0 Å². The Morgan fingerprint density at radius 2 is 1.67 bits per heavy atom. The number of rotatable bonds is 3. The lowest BCUT2D eigenvalue weighted by Gasteiger charge is -2.09. The second-order valence-electron chi connectivity index (χ2n) is 3.98. The lowest BCUT2D eigenvalue weighted by molar-refractivity contribution is 0.0587. The van der Waals surface area contributed by atoms with Crippen LogP contribution in [0.25, 0.3) is 5.69 Å². The zero-order chi connectivity index (χ0) is 15.4. The van der Waals surface area contributed by atoms with Gasteiger partial charge in [-0.2, -0.15) is 5.10 Å². The van der Waals surface area contributed by atoms with Crippen molar-refractivity contribution in [1.29, 1.82) is 0 Å². The van der Waals surface area contributed by atoms with Crippen LogP contribution in [0.4, 0.5) is 0 Å². The normalized spacial score (nSPS) is 10.0. The summed E-state index contributed by atoms with van der Waals surface area (Å²) in [5.74, 6) is -1.77. The maximum atomic E-state index is 12.1. The van der Waals surface area contributed by atoms with Crippen molar-refractivity contribution < 1.29 is 19.1 Å². The molecule has 7 heteroatoms. The first-order valence-corrected chi connectivity index (χ1v) is 5.94. The van der Waals surface area contributed by atoms with Gasteiger partial charge in [-0.1, -0.05) is 18.2 Å². The number of para-hydroxylation sites is 1. The van der Waals surface area contributed by atoms with Gasteiger partial charge in [0, 0.05) is 6.20 Å². The van der Waals surface area contributed by atoms with Gasteiger partial charge in [0.15, 0.2) is 0 Å². The lowest BCUT2D eigenvalue weighted by atomic mass is 10.2. The Labute approximate surface area is 119 Å². The summed E-state index contributed by atoms with van der Waals surface area (Å²) < 4.78 is 10.3. The summed E-state index contributed by atoms with van der Waals surface area (Å²) in [5, 5.41) is 3.91. The largest absolute Gasteiger partial charge is 0.465 e. The molecule has 0 radical (unpaired) electrons. The maximum Gasteiger partial charge on any atom is 0.362 e. The lowest BCUT2D eigenvalue weighted by Crippen LogP contribution is -2.28. The first kappa shape index (κ1) is 14.4. The minimum atomic E-state index is -0.921. The standard InChI is InChI=1S/C14H12N2O5/c1-20-13(18)10-8-16(9-6-4-3-5-7-9)15-11(12(10)17)14(19)21-2/h3-8H,1-2H3. The van der Waals surface area contributed by atoms with E-state index in [1.165, 1.54) is 10.9 Å². The summed E-state index contributed by atoms with van der Waals surface area (Å²) in [4.78, 5) is 35.4. The van der Waals surface area contributed by atoms with Gasteiger partial charge in [-0.15, -0.1) is 0 Å². The topological polar surface area (TPSA) is 87.5 Å². The van der Waals surface area contributed by atoms with Crippen molar-refractivity contribution in [2.45, 2.75) is 0 Å². The number of ether oxygens (including phenoxy) is 2. The van der Waals surface area contributed by atoms with Crippen LogP contribution in [-0.2, 0) is 9.47 Å². The highest BCUT2D eigenvalue weighted by Crippen LogP contribution is 2.07. The zero-order valence-electron chi connectivity index (χ0n) is 11.4. The molecule has 0 saturated heterocycles. The number of hydrogen-bond acceptors (Lipinski definition) is 6. The van der Waals surface area contributed by atoms with Crippen LogP contribution in [0.2, 0.25) is 0 Å². The molecule has 21 heavy (non-hydrogen) atoms. The van der Waals surface area contributed by atoms with Crippen LogP contribution < -0.4 is 5.43 Å². The molecule has 0 unspecified atom stereocenters. The van der Waals surface area contributed by atoms with E-state index < -0.39 is 23.1 Å². The second-order valence-corrected chi connectivity index (χ2v) is 3.98. The molecule has 2 rings (SSSR count). The van der Waals surface area contributed by atoms with Crippen LogP contribution in [0.1, 0.15) is 20.8 Å². The van der Waals surface area contributed by atoms with Gasteiger partial charge in [0.2, 0.25) is 11.1 Å². The molecule has 0 atom stereocenters. The molecule has 0 bridgehead atoms. The van der Waals surface area contributed by atoms with E-state index >= 15 is 0 Å². The van der Waals surface area contributed by atoms with E-state index in [9.17, 15) is 14.4 Å². The highest BCUT2D eigenvalue weighted by atomic mass is 16.5. The molecule has 0 spiro atoms. The molecule has 0 amide bonds. The number of esters is 2. The van der Waals surface area contributed by atoms with Gasteiger partial charge in [-0.25, -0.2) is 14.3 Å². The second kappa shape index (κ2) is 6.00. The Hall–Kier alpha value is -2.96. The highest BCUT2D eigenvalue weighted by Gasteiger charge is 2.22. The minimum absolute atomic E-state index is 0.295. The van der Waals surface area contributed by atoms with Crippen molar-refractivity contribution in [1.82, 2.24) is 9.78 Å². The molecule has 1 heterocycles. The smallest absolute Gasteiger partial charge is 0.362 e. The molecule has 0 N–H and O–H groups in total. The molecular formula is C14H12N2O5. The number of hydrogen-bond donors (Lipinski definition) is 0. The van der Waals surface area contributed by atoms with E-state index in [2.05, 4.69) is 14.6 Å². The van der Waals surface area contributed by atoms with Gasteiger partial charge < -0.3 is 9.47 Å². The van der Waals surface area contributed by atoms with Gasteiger partial charge in [0.25, 0.3) is 0 Å². The van der Waals surface area contributed by atoms with Crippen LogP contribution in [-0.4, -0.2) is 35.9 Å². The Bertz CT molecular complexity index is 697. The number of carbonyl (C=O) groups is 2. The summed E-state index contributed by atoms with van der Waals surface area (Å²) >= 11 is 0. The molecule has 0 aliphatic heterocycles. The predicted molar refractivity (Wildman–Crippen MR) is 72.5 cm³/mol. The minimum Gasteiger partial charge on any atom is -0.465 e. The molecule has 0 fully saturated rings. The monoisotopic (exact) mass is 288 g/mol. The van der Waals surface area contributed by atoms with Gasteiger partial charge in [0.1, 0.15) is 5.56 Å². The number of aromatic nitrogens is 2. The third kappa shape index (κ3) is 2.81. The molecule has 7 nitrogen and oxygen atoms in total. The fraction of sp³-hybridized carbons (Fsp3) is 0.143. The molecule has 108 valence electrons. The molecular weight excluding hydrogens is 276 g/mol. The van der Waals surface area contributed by atoms with E-state index in [-0.39, 0.29) is 5.56 Å². The third-order valence-electron chi connectivity index (χ3n) is 2.72. The van der Waals surface area contributed by atoms with Gasteiger partial charge in [-0.05, 0) is 12.1 Å². The van der Waals surface area contributed by atoms with E-state index in [0.717, 1.165) is 14.2 Å². The average molecular weight is 288 g/mol. The van der Waals surface area contributed by atoms with Crippen molar-refractivity contribution in [2.75, 3.05) is 14.2 Å². The van der Waals surface area contributed by atoms with E-state index in [4.69, 9.17) is 0 Å². The molecule has 0 saturated carbocycles. The number of nitrogens with zero attached hydrogens (tertiary/aromatic N) is 2. The quantitative estimate of drug-likeness (QED) is 0.776. The summed E-state index contributed by atoms with van der Waals surface area (Å²) in [6.07, 6.45) is 1.22. The summed E-state index contributed by atoms with van der Waals surface area (Å²) in [6, 6.07) is 8.73. The van der Waals surface area contributed by atoms with Crippen LogP contribution >= 0.6 is 0 Å². The predicted octanol–water partition coefficient (Wildman–Crippen LogP) is 0.806. The molecule has 1 aromatic heterocycles. The van der Waals surface area contributed by atoms with Gasteiger partial charge in [0.05, 0.1) is 19.9 Å². The van der Waals surface area contributed by atoms with Crippen molar-refractivity contribution in [3.8, 4) is 5.69 Å². The Morgan fingerprint density at radius 1 is 1.05 bits per heavy atom. The van der Waals surface area contributed by atoms with E-state index in [1.54, 1.807) is 30.3 Å². The summed E-state index contributed by atoms with van der Waals surface area (Å²) in [7, 11) is 2.27. The van der Waals surface area contributed by atoms with Crippen molar-refractivity contribution in [3.05, 3.63) is 58.0 Å². The van der Waals surface area contributed by atoms with Crippen molar-refractivity contribution in [3.63, 3.8) is 0 Å². The van der Waals surface area contributed by atoms with Crippen molar-refractivity contribution in [2.24, 2.45) is 0 Å². The van der Waals surface area contributed by atoms with Crippen LogP contribution in [0.5, 0.6) is 0 Å². The number of carbonyl (C=O) groups excluding carboxylic acids is 2. The number of benzene rings is 1. The Balaban J connectivity index is 2.71. The van der Waals surface area contributed by atoms with Crippen LogP contribution in [0, 0.1) is 0 Å². The molecule has 0 aliphatic carbocycles. The molecule has 0 aliphatic rings. The maximum absolute atomic E-state index is 12.1. The fourth-order valence-electron chi connectivity index (χ4n) is 1.69. The summed E-state index contributed by atoms with van der Waals surface area (Å²) in [6.45, 7) is 0. The molecule has 1 aromatic carbocycles. The van der Waals surface area contributed by atoms with E-state index in [0.29, 0.717) is 5.69 Å². The third-order valence-corrected chi connectivity index (χ3v) is 2.72. The SMILES string of the molecule is COC(=O)c1cn(-c2ccccc2)nc(C(=O)OC)c1=O. The summed E-state index contributed by atoms with van der Waals surface area (Å²) in [5.41, 5.74) is -1.03. The first-order chi connectivity index (χ1) is 10.1. The van der Waals surface area contributed by atoms with Crippen LogP contribution in [0.15, 0.2) is 41.3 Å². The first-order valence-electron chi connectivity index (χ1n) is 5.94. The number of methoxy groups -OCH3 is 2. The molecule has 2 aromatic rings. The Kier molecular flexibility index (Phi) is 4.13. The van der Waals surface area contributed by atoms with Crippen molar-refractivity contribution >= 4 is 11.9 Å². The van der Waals surface area contributed by atoms with E-state index in [1.807, 2.05) is 0 Å². The average Bonchev–Trinajstić information content (AvgIpc) is 2.54. The highest BCUT2D eigenvalue weighted by molar-refractivity contribution is 5.93. The van der Waals surface area contributed by atoms with Gasteiger partial charge >= 0.3 is 11.9 Å². The fourth-order valence-corrected chi connectivity index (χ4v) is 1.69. The van der Waals surface area contributed by atoms with Gasteiger partial charge in [-0.3, -0.25) is 4.79 Å². The zero-order valence-corrected chi connectivity index (χ0v) is 11.4. The Morgan fingerprint density at radius 3 is 2.24 bits per heavy atom.